The van der Waals surface area contributed by atoms with Crippen LogP contribution in [0.3, 0.4) is 0 Å². The van der Waals surface area contributed by atoms with Gasteiger partial charge in [0.25, 0.3) is 0 Å². The number of ether oxygens (including phenoxy) is 9. The molecule has 268 valence electrons. The van der Waals surface area contributed by atoms with E-state index in [1.165, 1.54) is 0 Å². The standard InChI is InChI=1S/C30H62N4O11/c1-31-7-3-11-37-15-19-41-21-17-39-13-5-9-33-29(35)27-44-25-23-43-24-26-45-28-30(36)34-10-6-14-40-18-22-42-20-16-38-12-4-8-32-2/h31-32H,3-28H2,1-2H3,(H,33,35)(H,34,36). The Hall–Kier alpha value is -1.50. The molecule has 0 spiro atoms. The van der Waals surface area contributed by atoms with E-state index in [4.69, 9.17) is 42.6 Å². The van der Waals surface area contributed by atoms with Gasteiger partial charge < -0.3 is 63.9 Å². The van der Waals surface area contributed by atoms with Crippen LogP contribution in [0.25, 0.3) is 0 Å². The van der Waals surface area contributed by atoms with E-state index in [0.717, 1.165) is 39.1 Å². The van der Waals surface area contributed by atoms with Gasteiger partial charge in [-0.2, -0.15) is 0 Å². The lowest BCUT2D eigenvalue weighted by atomic mass is 10.4. The Kier molecular flexibility index (Phi) is 37.4. The lowest BCUT2D eigenvalue weighted by Crippen LogP contribution is -2.30. The number of nitrogens with one attached hydrogen (secondary N) is 4. The molecular formula is C30H62N4O11. The Labute approximate surface area is 270 Å². The minimum absolute atomic E-state index is 0.0301. The van der Waals surface area contributed by atoms with E-state index in [1.54, 1.807) is 0 Å². The third-order valence-corrected chi connectivity index (χ3v) is 5.70. The van der Waals surface area contributed by atoms with Crippen LogP contribution < -0.4 is 21.3 Å². The Balaban J connectivity index is 3.24. The molecule has 45 heavy (non-hydrogen) atoms. The van der Waals surface area contributed by atoms with E-state index in [9.17, 15) is 9.59 Å². The van der Waals surface area contributed by atoms with Crippen molar-refractivity contribution < 1.29 is 52.2 Å². The molecular weight excluding hydrogens is 592 g/mol. The number of carbonyl (C=O) groups excluding carboxylic acids is 2. The molecule has 4 N–H and O–H groups in total. The van der Waals surface area contributed by atoms with Gasteiger partial charge in [-0.1, -0.05) is 0 Å². The molecule has 0 aromatic rings. The van der Waals surface area contributed by atoms with Gasteiger partial charge in [-0.25, -0.2) is 0 Å². The summed E-state index contributed by atoms with van der Waals surface area (Å²) in [7, 11) is 3.84. The first-order valence-electron chi connectivity index (χ1n) is 16.2. The number of carbonyl (C=O) groups is 2. The number of hydrogen-bond acceptors (Lipinski definition) is 13. The molecule has 0 bridgehead atoms. The zero-order valence-corrected chi connectivity index (χ0v) is 27.9. The summed E-state index contributed by atoms with van der Waals surface area (Å²) < 4.78 is 48.7. The maximum Gasteiger partial charge on any atom is 0.246 e. The van der Waals surface area contributed by atoms with E-state index in [0.29, 0.717) is 105 Å². The molecule has 0 fully saturated rings. The van der Waals surface area contributed by atoms with E-state index in [-0.39, 0.29) is 38.2 Å². The van der Waals surface area contributed by atoms with Gasteiger partial charge in [0, 0.05) is 39.5 Å². The third kappa shape index (κ3) is 38.6. The largest absolute Gasteiger partial charge is 0.379 e. The highest BCUT2D eigenvalue weighted by Gasteiger charge is 2.03. The molecule has 0 saturated heterocycles. The topological polar surface area (TPSA) is 165 Å². The van der Waals surface area contributed by atoms with Crippen LogP contribution in [0.5, 0.6) is 0 Å². The molecule has 2 amide bonds. The van der Waals surface area contributed by atoms with Gasteiger partial charge >= 0.3 is 0 Å². The zero-order valence-electron chi connectivity index (χ0n) is 27.9. The highest BCUT2D eigenvalue weighted by molar-refractivity contribution is 5.77. The first kappa shape index (κ1) is 43.5. The summed E-state index contributed by atoms with van der Waals surface area (Å²) in [4.78, 5) is 23.6. The molecule has 0 aromatic heterocycles. The minimum atomic E-state index is -0.185. The van der Waals surface area contributed by atoms with Crippen LogP contribution in [-0.2, 0) is 52.2 Å². The van der Waals surface area contributed by atoms with Crippen LogP contribution in [0.1, 0.15) is 25.7 Å². The molecule has 0 heterocycles. The summed E-state index contributed by atoms with van der Waals surface area (Å²) in [6.45, 7) is 11.0. The maximum atomic E-state index is 11.8. The summed E-state index contributed by atoms with van der Waals surface area (Å²) in [5.74, 6) is -0.369. The fourth-order valence-corrected chi connectivity index (χ4v) is 3.36. The molecule has 0 rings (SSSR count). The van der Waals surface area contributed by atoms with Crippen LogP contribution >= 0.6 is 0 Å². The zero-order chi connectivity index (χ0) is 32.7. The molecule has 0 radical (unpaired) electrons. The molecule has 15 heteroatoms. The molecule has 0 unspecified atom stereocenters. The van der Waals surface area contributed by atoms with Crippen LogP contribution in [0.15, 0.2) is 0 Å². The van der Waals surface area contributed by atoms with Gasteiger partial charge in [-0.15, -0.1) is 0 Å². The number of amides is 2. The van der Waals surface area contributed by atoms with Gasteiger partial charge in [0.1, 0.15) is 13.2 Å². The summed E-state index contributed by atoms with van der Waals surface area (Å²) in [5.41, 5.74) is 0. The monoisotopic (exact) mass is 654 g/mol. The molecule has 0 aliphatic heterocycles. The quantitative estimate of drug-likeness (QED) is 0.0623. The van der Waals surface area contributed by atoms with Crippen molar-refractivity contribution in [1.29, 1.82) is 0 Å². The second kappa shape index (κ2) is 38.7. The maximum absolute atomic E-state index is 11.8. The van der Waals surface area contributed by atoms with Crippen LogP contribution in [-0.4, -0.2) is 171 Å². The molecule has 0 saturated carbocycles. The Morgan fingerprint density at radius 3 is 0.889 bits per heavy atom. The fraction of sp³-hybridized carbons (Fsp3) is 0.933. The Bertz CT molecular complexity index is 574. The van der Waals surface area contributed by atoms with E-state index >= 15 is 0 Å². The molecule has 0 aliphatic carbocycles. The van der Waals surface area contributed by atoms with E-state index in [1.807, 2.05) is 14.1 Å². The van der Waals surface area contributed by atoms with Crippen molar-refractivity contribution >= 4 is 11.8 Å². The van der Waals surface area contributed by atoms with Gasteiger partial charge in [0.15, 0.2) is 0 Å². The van der Waals surface area contributed by atoms with Crippen LogP contribution in [0.4, 0.5) is 0 Å². The first-order valence-corrected chi connectivity index (χ1v) is 16.2. The lowest BCUT2D eigenvalue weighted by Gasteiger charge is -2.09. The highest BCUT2D eigenvalue weighted by atomic mass is 16.6. The molecule has 0 atom stereocenters. The van der Waals surface area contributed by atoms with Crippen molar-refractivity contribution in [2.75, 3.05) is 159 Å². The smallest absolute Gasteiger partial charge is 0.246 e. The number of hydrogen-bond donors (Lipinski definition) is 4. The summed E-state index contributed by atoms with van der Waals surface area (Å²) in [6, 6.07) is 0. The van der Waals surface area contributed by atoms with Crippen molar-refractivity contribution in [3.8, 4) is 0 Å². The van der Waals surface area contributed by atoms with Crippen molar-refractivity contribution in [2.24, 2.45) is 0 Å². The molecule has 0 aliphatic rings. The third-order valence-electron chi connectivity index (χ3n) is 5.70. The summed E-state index contributed by atoms with van der Waals surface area (Å²) in [5, 5.41) is 11.7. The predicted molar refractivity (Wildman–Crippen MR) is 170 cm³/mol. The average molecular weight is 655 g/mol. The van der Waals surface area contributed by atoms with Crippen molar-refractivity contribution in [3.05, 3.63) is 0 Å². The van der Waals surface area contributed by atoms with Gasteiger partial charge in [-0.3, -0.25) is 9.59 Å². The highest BCUT2D eigenvalue weighted by Crippen LogP contribution is 1.88. The van der Waals surface area contributed by atoms with Gasteiger partial charge in [-0.05, 0) is 52.9 Å². The Morgan fingerprint density at radius 1 is 0.356 bits per heavy atom. The molecule has 0 aromatic carbocycles. The van der Waals surface area contributed by atoms with E-state index < -0.39 is 0 Å². The second-order valence-electron chi connectivity index (χ2n) is 9.71. The fourth-order valence-electron chi connectivity index (χ4n) is 3.36. The number of rotatable bonds is 38. The van der Waals surface area contributed by atoms with Crippen molar-refractivity contribution in [3.63, 3.8) is 0 Å². The summed E-state index contributed by atoms with van der Waals surface area (Å²) >= 11 is 0. The lowest BCUT2D eigenvalue weighted by molar-refractivity contribution is -0.126. The van der Waals surface area contributed by atoms with Crippen LogP contribution in [0.2, 0.25) is 0 Å². The predicted octanol–water partition coefficient (Wildman–Crippen LogP) is -0.633. The minimum Gasteiger partial charge on any atom is -0.379 e. The van der Waals surface area contributed by atoms with Crippen LogP contribution in [0, 0.1) is 0 Å². The first-order chi connectivity index (χ1) is 22.2. The average Bonchev–Trinajstić information content (AvgIpc) is 3.04. The van der Waals surface area contributed by atoms with Gasteiger partial charge in [0.05, 0.1) is 79.3 Å². The summed E-state index contributed by atoms with van der Waals surface area (Å²) in [6.07, 6.45) is 3.40. The Morgan fingerprint density at radius 2 is 0.600 bits per heavy atom. The second-order valence-corrected chi connectivity index (χ2v) is 9.71. The van der Waals surface area contributed by atoms with E-state index in [2.05, 4.69) is 21.3 Å². The van der Waals surface area contributed by atoms with Crippen molar-refractivity contribution in [2.45, 2.75) is 25.7 Å². The normalized spacial score (nSPS) is 11.2. The van der Waals surface area contributed by atoms with Gasteiger partial charge in [0.2, 0.25) is 11.8 Å². The van der Waals surface area contributed by atoms with Crippen molar-refractivity contribution in [1.82, 2.24) is 21.3 Å². The molecule has 15 nitrogen and oxygen atoms in total. The SMILES string of the molecule is CNCCCOCCOCCOCCCNC(=O)COCCOCCOCC(=O)NCCCOCCOCCOCCCNC.